The summed E-state index contributed by atoms with van der Waals surface area (Å²) in [6.07, 6.45) is 1.47. The largest absolute Gasteiger partial charge is 0.497 e. The van der Waals surface area contributed by atoms with Crippen LogP contribution in [0.2, 0.25) is 0 Å². The molecular formula is C18H21N3O3. The first-order valence-corrected chi connectivity index (χ1v) is 7.79. The van der Waals surface area contributed by atoms with Crippen molar-refractivity contribution in [2.75, 3.05) is 25.5 Å². The molecule has 24 heavy (non-hydrogen) atoms. The van der Waals surface area contributed by atoms with E-state index in [9.17, 15) is 9.59 Å². The van der Waals surface area contributed by atoms with Gasteiger partial charge in [0.1, 0.15) is 11.4 Å². The highest BCUT2D eigenvalue weighted by Gasteiger charge is 2.15. The fraction of sp³-hybridized carbons (Fsp3) is 0.278. The van der Waals surface area contributed by atoms with E-state index in [0.717, 1.165) is 0 Å². The zero-order valence-corrected chi connectivity index (χ0v) is 14.1. The molecule has 0 atom stereocenters. The molecule has 0 spiro atoms. The van der Waals surface area contributed by atoms with Crippen LogP contribution in [0.25, 0.3) is 0 Å². The van der Waals surface area contributed by atoms with Gasteiger partial charge in [-0.2, -0.15) is 0 Å². The Balaban J connectivity index is 2.18. The molecule has 1 aromatic carbocycles. The van der Waals surface area contributed by atoms with Crippen LogP contribution < -0.4 is 10.1 Å². The summed E-state index contributed by atoms with van der Waals surface area (Å²) >= 11 is 0. The van der Waals surface area contributed by atoms with Gasteiger partial charge < -0.3 is 15.0 Å². The Kier molecular flexibility index (Phi) is 5.89. The second-order valence-corrected chi connectivity index (χ2v) is 5.09. The third kappa shape index (κ3) is 4.10. The molecule has 2 amide bonds. The number of hydrogen-bond acceptors (Lipinski definition) is 4. The average Bonchev–Trinajstić information content (AvgIpc) is 2.63. The molecule has 1 aromatic heterocycles. The summed E-state index contributed by atoms with van der Waals surface area (Å²) < 4.78 is 5.13. The molecule has 2 rings (SSSR count). The van der Waals surface area contributed by atoms with Crippen molar-refractivity contribution in [3.63, 3.8) is 0 Å². The number of amides is 2. The van der Waals surface area contributed by atoms with E-state index in [1.807, 2.05) is 13.8 Å². The van der Waals surface area contributed by atoms with Gasteiger partial charge in [-0.1, -0.05) is 6.07 Å². The van der Waals surface area contributed by atoms with E-state index >= 15 is 0 Å². The molecule has 1 N–H and O–H groups in total. The van der Waals surface area contributed by atoms with Crippen molar-refractivity contribution in [2.45, 2.75) is 13.8 Å². The third-order valence-electron chi connectivity index (χ3n) is 3.62. The van der Waals surface area contributed by atoms with Crippen LogP contribution >= 0.6 is 0 Å². The fourth-order valence-electron chi connectivity index (χ4n) is 2.28. The molecule has 0 saturated heterocycles. The average molecular weight is 327 g/mol. The van der Waals surface area contributed by atoms with Crippen molar-refractivity contribution in [2.24, 2.45) is 0 Å². The van der Waals surface area contributed by atoms with Gasteiger partial charge >= 0.3 is 0 Å². The maximum atomic E-state index is 12.4. The number of hydrogen-bond donors (Lipinski definition) is 1. The molecule has 0 bridgehead atoms. The van der Waals surface area contributed by atoms with Crippen LogP contribution in [-0.4, -0.2) is 41.9 Å². The van der Waals surface area contributed by atoms with Crippen molar-refractivity contribution >= 4 is 17.5 Å². The molecule has 0 unspecified atom stereocenters. The van der Waals surface area contributed by atoms with Gasteiger partial charge in [0.05, 0.1) is 7.11 Å². The van der Waals surface area contributed by atoms with E-state index in [2.05, 4.69) is 10.3 Å². The molecule has 126 valence electrons. The highest BCUT2D eigenvalue weighted by atomic mass is 16.5. The van der Waals surface area contributed by atoms with E-state index in [4.69, 9.17) is 4.74 Å². The minimum atomic E-state index is -0.377. The molecule has 0 saturated carbocycles. The summed E-state index contributed by atoms with van der Waals surface area (Å²) in [5.74, 6) is 0.154. The number of carbonyl (C=O) groups excluding carboxylic acids is 2. The van der Waals surface area contributed by atoms with Crippen LogP contribution in [-0.2, 0) is 0 Å². The summed E-state index contributed by atoms with van der Waals surface area (Å²) in [4.78, 5) is 30.5. The van der Waals surface area contributed by atoms with Crippen molar-refractivity contribution < 1.29 is 14.3 Å². The molecule has 1 heterocycles. The monoisotopic (exact) mass is 327 g/mol. The number of pyridine rings is 1. The maximum Gasteiger partial charge on any atom is 0.274 e. The predicted molar refractivity (Wildman–Crippen MR) is 92.4 cm³/mol. The molecule has 0 aliphatic rings. The number of methoxy groups -OCH3 is 1. The normalized spacial score (nSPS) is 10.1. The zero-order chi connectivity index (χ0) is 17.5. The first-order chi connectivity index (χ1) is 11.6. The number of nitrogens with zero attached hydrogens (tertiary/aromatic N) is 2. The van der Waals surface area contributed by atoms with Crippen LogP contribution in [0.3, 0.4) is 0 Å². The van der Waals surface area contributed by atoms with E-state index in [0.29, 0.717) is 30.1 Å². The first-order valence-electron chi connectivity index (χ1n) is 7.79. The third-order valence-corrected chi connectivity index (χ3v) is 3.62. The zero-order valence-electron chi connectivity index (χ0n) is 14.1. The van der Waals surface area contributed by atoms with Crippen molar-refractivity contribution in [3.05, 3.63) is 53.9 Å². The van der Waals surface area contributed by atoms with E-state index in [1.54, 1.807) is 42.3 Å². The minimum absolute atomic E-state index is 0.113. The van der Waals surface area contributed by atoms with Gasteiger partial charge in [-0.15, -0.1) is 0 Å². The lowest BCUT2D eigenvalue weighted by atomic mass is 10.2. The van der Waals surface area contributed by atoms with Crippen LogP contribution in [0.5, 0.6) is 5.75 Å². The minimum Gasteiger partial charge on any atom is -0.497 e. The highest BCUT2D eigenvalue weighted by Crippen LogP contribution is 2.17. The molecule has 2 aromatic rings. The SMILES string of the molecule is CCN(CC)C(=O)c1ccnc(C(=O)Nc2cccc(OC)c2)c1. The van der Waals surface area contributed by atoms with Gasteiger partial charge in [-0.05, 0) is 38.1 Å². The molecular weight excluding hydrogens is 306 g/mol. The number of aromatic nitrogens is 1. The van der Waals surface area contributed by atoms with Crippen LogP contribution in [0.4, 0.5) is 5.69 Å². The topological polar surface area (TPSA) is 71.5 Å². The summed E-state index contributed by atoms with van der Waals surface area (Å²) in [6, 6.07) is 10.2. The molecule has 0 radical (unpaired) electrons. The molecule has 0 fully saturated rings. The molecule has 6 nitrogen and oxygen atoms in total. The van der Waals surface area contributed by atoms with Crippen molar-refractivity contribution in [3.8, 4) is 5.75 Å². The van der Waals surface area contributed by atoms with Gasteiger partial charge in [-0.3, -0.25) is 14.6 Å². The summed E-state index contributed by atoms with van der Waals surface area (Å²) in [6.45, 7) is 5.06. The predicted octanol–water partition coefficient (Wildman–Crippen LogP) is 2.82. The quantitative estimate of drug-likeness (QED) is 0.885. The Morgan fingerprint density at radius 2 is 1.92 bits per heavy atom. The number of anilines is 1. The fourth-order valence-corrected chi connectivity index (χ4v) is 2.28. The summed E-state index contributed by atoms with van der Waals surface area (Å²) in [5, 5.41) is 2.75. The van der Waals surface area contributed by atoms with Gasteiger partial charge in [0.25, 0.3) is 11.8 Å². The lowest BCUT2D eigenvalue weighted by Gasteiger charge is -2.18. The van der Waals surface area contributed by atoms with Crippen LogP contribution in [0, 0.1) is 0 Å². The Hall–Kier alpha value is -2.89. The standard InChI is InChI=1S/C18H21N3O3/c1-4-21(5-2)18(23)13-9-10-19-16(11-13)17(22)20-14-7-6-8-15(12-14)24-3/h6-12H,4-5H2,1-3H3,(H,20,22). The van der Waals surface area contributed by atoms with E-state index < -0.39 is 0 Å². The van der Waals surface area contributed by atoms with Gasteiger partial charge in [-0.25, -0.2) is 0 Å². The summed E-state index contributed by atoms with van der Waals surface area (Å²) in [5.41, 5.74) is 1.24. The number of benzene rings is 1. The Labute approximate surface area is 141 Å². The second kappa shape index (κ2) is 8.10. The second-order valence-electron chi connectivity index (χ2n) is 5.09. The van der Waals surface area contributed by atoms with Gasteiger partial charge in [0.15, 0.2) is 0 Å². The van der Waals surface area contributed by atoms with Gasteiger partial charge in [0, 0.05) is 36.6 Å². The summed E-state index contributed by atoms with van der Waals surface area (Å²) in [7, 11) is 1.56. The number of rotatable bonds is 6. The molecule has 6 heteroatoms. The smallest absolute Gasteiger partial charge is 0.274 e. The van der Waals surface area contributed by atoms with Crippen molar-refractivity contribution in [1.82, 2.24) is 9.88 Å². The number of ether oxygens (including phenoxy) is 1. The highest BCUT2D eigenvalue weighted by molar-refractivity contribution is 6.04. The Bertz CT molecular complexity index is 727. The number of carbonyl (C=O) groups is 2. The van der Waals surface area contributed by atoms with Gasteiger partial charge in [0.2, 0.25) is 0 Å². The first kappa shape index (κ1) is 17.5. The Morgan fingerprint density at radius 1 is 1.17 bits per heavy atom. The van der Waals surface area contributed by atoms with E-state index in [1.165, 1.54) is 12.3 Å². The Morgan fingerprint density at radius 3 is 2.58 bits per heavy atom. The lowest BCUT2D eigenvalue weighted by molar-refractivity contribution is 0.0773. The maximum absolute atomic E-state index is 12.4. The van der Waals surface area contributed by atoms with Crippen molar-refractivity contribution in [1.29, 1.82) is 0 Å². The molecule has 0 aliphatic heterocycles. The molecule has 0 aliphatic carbocycles. The van der Waals surface area contributed by atoms with Crippen LogP contribution in [0.1, 0.15) is 34.7 Å². The van der Waals surface area contributed by atoms with Crippen LogP contribution in [0.15, 0.2) is 42.6 Å². The lowest BCUT2D eigenvalue weighted by Crippen LogP contribution is -2.30. The number of nitrogens with one attached hydrogen (secondary N) is 1. The van der Waals surface area contributed by atoms with E-state index in [-0.39, 0.29) is 17.5 Å².